The summed E-state index contributed by atoms with van der Waals surface area (Å²) in [7, 11) is 0. The van der Waals surface area contributed by atoms with Crippen molar-refractivity contribution in [2.75, 3.05) is 0 Å². The number of benzene rings is 1. The molecule has 0 fully saturated rings. The van der Waals surface area contributed by atoms with Gasteiger partial charge in [-0.15, -0.1) is 0 Å². The highest BCUT2D eigenvalue weighted by Gasteiger charge is 2.22. The Hall–Kier alpha value is -1.88. The van der Waals surface area contributed by atoms with E-state index in [0.717, 1.165) is 24.5 Å². The first-order valence-corrected chi connectivity index (χ1v) is 7.07. The molecule has 106 valence electrons. The number of hydrogen-bond acceptors (Lipinski definition) is 4. The number of ether oxygens (including phenoxy) is 1. The van der Waals surface area contributed by atoms with Crippen LogP contribution in [0.2, 0.25) is 0 Å². The lowest BCUT2D eigenvalue weighted by atomic mass is 10.1. The van der Waals surface area contributed by atoms with Gasteiger partial charge >= 0.3 is 0 Å². The molecule has 0 spiro atoms. The minimum absolute atomic E-state index is 0.153. The zero-order valence-corrected chi connectivity index (χ0v) is 11.9. The van der Waals surface area contributed by atoms with E-state index in [4.69, 9.17) is 4.74 Å². The van der Waals surface area contributed by atoms with Gasteiger partial charge in [0.2, 0.25) is 0 Å². The van der Waals surface area contributed by atoms with Crippen molar-refractivity contribution in [3.05, 3.63) is 42.0 Å². The van der Waals surface area contributed by atoms with Crippen molar-refractivity contribution in [3.63, 3.8) is 0 Å². The van der Waals surface area contributed by atoms with E-state index in [0.29, 0.717) is 12.6 Å². The third kappa shape index (κ3) is 2.99. The zero-order valence-electron chi connectivity index (χ0n) is 11.9. The fourth-order valence-electron chi connectivity index (χ4n) is 2.36. The maximum absolute atomic E-state index is 5.91. The summed E-state index contributed by atoms with van der Waals surface area (Å²) in [5.41, 5.74) is 1.28. The van der Waals surface area contributed by atoms with Gasteiger partial charge in [0.1, 0.15) is 18.2 Å². The second kappa shape index (κ2) is 5.63. The fraction of sp³-hybridized carbons (Fsp3) is 0.467. The van der Waals surface area contributed by atoms with Gasteiger partial charge in [-0.2, -0.15) is 5.10 Å². The third-order valence-corrected chi connectivity index (χ3v) is 3.36. The zero-order chi connectivity index (χ0) is 13.9. The lowest BCUT2D eigenvalue weighted by molar-refractivity contribution is 0.203. The molecule has 20 heavy (non-hydrogen) atoms. The second-order valence-corrected chi connectivity index (χ2v) is 5.47. The van der Waals surface area contributed by atoms with Crippen molar-refractivity contribution in [1.82, 2.24) is 20.1 Å². The molecule has 0 saturated carbocycles. The first-order valence-electron chi connectivity index (χ1n) is 7.07. The number of rotatable bonds is 5. The summed E-state index contributed by atoms with van der Waals surface area (Å²) in [6, 6.07) is 8.64. The van der Waals surface area contributed by atoms with Gasteiger partial charge in [-0.1, -0.05) is 32.0 Å². The van der Waals surface area contributed by atoms with Gasteiger partial charge in [-0.25, -0.2) is 9.67 Å². The van der Waals surface area contributed by atoms with Gasteiger partial charge in [-0.05, 0) is 11.6 Å². The molecule has 0 bridgehead atoms. The van der Waals surface area contributed by atoms with Crippen LogP contribution in [0.15, 0.2) is 30.6 Å². The summed E-state index contributed by atoms with van der Waals surface area (Å²) in [5.74, 6) is 1.83. The van der Waals surface area contributed by atoms with Crippen molar-refractivity contribution < 1.29 is 4.74 Å². The third-order valence-electron chi connectivity index (χ3n) is 3.36. The van der Waals surface area contributed by atoms with Crippen LogP contribution in [0.4, 0.5) is 0 Å². The quantitative estimate of drug-likeness (QED) is 0.901. The molecule has 5 nitrogen and oxygen atoms in total. The summed E-state index contributed by atoms with van der Waals surface area (Å²) in [4.78, 5) is 4.31. The van der Waals surface area contributed by atoms with Crippen molar-refractivity contribution in [2.45, 2.75) is 45.5 Å². The monoisotopic (exact) mass is 272 g/mol. The Balaban J connectivity index is 1.57. The first-order chi connectivity index (χ1) is 9.70. The Kier molecular flexibility index (Phi) is 3.69. The van der Waals surface area contributed by atoms with E-state index in [2.05, 4.69) is 41.4 Å². The summed E-state index contributed by atoms with van der Waals surface area (Å²) in [6.07, 6.45) is 2.87. The molecular weight excluding hydrogens is 252 g/mol. The molecule has 1 N–H and O–H groups in total. The van der Waals surface area contributed by atoms with Crippen LogP contribution in [0.25, 0.3) is 0 Å². The van der Waals surface area contributed by atoms with Gasteiger partial charge in [-0.3, -0.25) is 0 Å². The summed E-state index contributed by atoms with van der Waals surface area (Å²) in [5, 5.41) is 7.78. The Bertz CT molecular complexity index is 554. The minimum atomic E-state index is 0.153. The molecule has 5 heteroatoms. The van der Waals surface area contributed by atoms with Crippen LogP contribution < -0.4 is 10.1 Å². The molecule has 0 aliphatic carbocycles. The topological polar surface area (TPSA) is 52.0 Å². The lowest BCUT2D eigenvalue weighted by Gasteiger charge is -2.10. The normalized spacial score (nSPS) is 17.2. The Labute approximate surface area is 119 Å². The second-order valence-electron chi connectivity index (χ2n) is 5.47. The predicted molar refractivity (Wildman–Crippen MR) is 76.6 cm³/mol. The molecule has 2 aromatic rings. The maximum atomic E-state index is 5.91. The molecule has 2 heterocycles. The Morgan fingerprint density at radius 3 is 3.05 bits per heavy atom. The predicted octanol–water partition coefficient (Wildman–Crippen LogP) is 1.78. The molecule has 1 atom stereocenters. The number of aromatic nitrogens is 3. The smallest absolute Gasteiger partial charge is 0.164 e. The number of para-hydroxylation sites is 1. The van der Waals surface area contributed by atoms with Gasteiger partial charge in [0.25, 0.3) is 0 Å². The largest absolute Gasteiger partial charge is 0.488 e. The van der Waals surface area contributed by atoms with Gasteiger partial charge in [0.05, 0.1) is 13.1 Å². The van der Waals surface area contributed by atoms with Crippen LogP contribution in [0.5, 0.6) is 5.75 Å². The number of fused-ring (bicyclic) bond motifs is 1. The van der Waals surface area contributed by atoms with Crippen molar-refractivity contribution in [3.8, 4) is 5.75 Å². The SMILES string of the molecule is CC(C)NCc1ncn(CC2Cc3ccccc3O2)n1. The average Bonchev–Trinajstić information content (AvgIpc) is 3.02. The highest BCUT2D eigenvalue weighted by Crippen LogP contribution is 2.28. The molecule has 0 radical (unpaired) electrons. The van der Waals surface area contributed by atoms with Crippen molar-refractivity contribution >= 4 is 0 Å². The van der Waals surface area contributed by atoms with E-state index in [1.807, 2.05) is 16.8 Å². The van der Waals surface area contributed by atoms with Crippen LogP contribution in [0.3, 0.4) is 0 Å². The van der Waals surface area contributed by atoms with E-state index < -0.39 is 0 Å². The van der Waals surface area contributed by atoms with Crippen LogP contribution in [-0.2, 0) is 19.5 Å². The average molecular weight is 272 g/mol. The standard InChI is InChI=1S/C15H20N4O/c1-11(2)16-8-15-17-10-19(18-15)9-13-7-12-5-3-4-6-14(12)20-13/h3-6,10-11,13,16H,7-9H2,1-2H3. The molecule has 0 saturated heterocycles. The summed E-state index contributed by atoms with van der Waals surface area (Å²) < 4.78 is 7.78. The summed E-state index contributed by atoms with van der Waals surface area (Å²) >= 11 is 0. The molecule has 0 amide bonds. The molecule has 1 aliphatic rings. The highest BCUT2D eigenvalue weighted by atomic mass is 16.5. The maximum Gasteiger partial charge on any atom is 0.164 e. The van der Waals surface area contributed by atoms with Crippen LogP contribution >= 0.6 is 0 Å². The molecular formula is C15H20N4O. The lowest BCUT2D eigenvalue weighted by Crippen LogP contribution is -2.23. The summed E-state index contributed by atoms with van der Waals surface area (Å²) in [6.45, 7) is 5.67. The molecule has 1 aliphatic heterocycles. The minimum Gasteiger partial charge on any atom is -0.488 e. The van der Waals surface area contributed by atoms with E-state index in [1.54, 1.807) is 6.33 Å². The Morgan fingerprint density at radius 1 is 1.40 bits per heavy atom. The number of nitrogens with one attached hydrogen (secondary N) is 1. The van der Waals surface area contributed by atoms with Gasteiger partial charge in [0, 0.05) is 12.5 Å². The molecule has 1 unspecified atom stereocenters. The Morgan fingerprint density at radius 2 is 2.25 bits per heavy atom. The highest BCUT2D eigenvalue weighted by molar-refractivity contribution is 5.37. The molecule has 1 aromatic carbocycles. The van der Waals surface area contributed by atoms with Gasteiger partial charge < -0.3 is 10.1 Å². The first kappa shape index (κ1) is 13.1. The van der Waals surface area contributed by atoms with Gasteiger partial charge in [0.15, 0.2) is 5.82 Å². The fourth-order valence-corrected chi connectivity index (χ4v) is 2.36. The van der Waals surface area contributed by atoms with E-state index in [9.17, 15) is 0 Å². The molecule has 1 aromatic heterocycles. The van der Waals surface area contributed by atoms with E-state index in [-0.39, 0.29) is 6.10 Å². The van der Waals surface area contributed by atoms with Crippen molar-refractivity contribution in [1.29, 1.82) is 0 Å². The molecule has 3 rings (SSSR count). The van der Waals surface area contributed by atoms with E-state index in [1.165, 1.54) is 5.56 Å². The van der Waals surface area contributed by atoms with Crippen LogP contribution in [0.1, 0.15) is 25.2 Å². The van der Waals surface area contributed by atoms with Crippen LogP contribution in [-0.4, -0.2) is 26.9 Å². The van der Waals surface area contributed by atoms with Crippen LogP contribution in [0, 0.1) is 0 Å². The van der Waals surface area contributed by atoms with E-state index >= 15 is 0 Å². The number of hydrogen-bond donors (Lipinski definition) is 1. The number of nitrogens with zero attached hydrogens (tertiary/aromatic N) is 3. The van der Waals surface area contributed by atoms with Crippen molar-refractivity contribution in [2.24, 2.45) is 0 Å².